The molecule has 1 aliphatic rings. The molecular weight excluding hydrogens is 312 g/mol. The number of pyridine rings is 1. The van der Waals surface area contributed by atoms with E-state index in [1.54, 1.807) is 0 Å². The fraction of sp³-hybridized carbons (Fsp3) is 0.571. The second-order valence-electron chi connectivity index (χ2n) is 7.79. The van der Waals surface area contributed by atoms with Crippen molar-refractivity contribution in [2.24, 2.45) is 5.92 Å². The summed E-state index contributed by atoms with van der Waals surface area (Å²) in [7, 11) is 0. The first-order chi connectivity index (χ1) is 12.0. The van der Waals surface area contributed by atoms with Crippen molar-refractivity contribution in [1.82, 2.24) is 9.88 Å². The number of fused-ring (bicyclic) bond motifs is 1. The lowest BCUT2D eigenvalue weighted by molar-refractivity contribution is 0.152. The molecule has 1 fully saturated rings. The maximum absolute atomic E-state index is 13.1. The lowest BCUT2D eigenvalue weighted by Crippen LogP contribution is -2.38. The van der Waals surface area contributed by atoms with E-state index in [0.29, 0.717) is 18.6 Å². The number of aromatic amines is 1. The van der Waals surface area contributed by atoms with Crippen LogP contribution in [0, 0.1) is 12.8 Å². The first-order valence-corrected chi connectivity index (χ1v) is 9.48. The molecule has 0 saturated carbocycles. The number of nitrogens with zero attached hydrogens (tertiary/aromatic N) is 1. The van der Waals surface area contributed by atoms with Crippen LogP contribution in [0.2, 0.25) is 0 Å². The first kappa shape index (κ1) is 18.0. The van der Waals surface area contributed by atoms with Crippen LogP contribution in [0.25, 0.3) is 10.9 Å². The van der Waals surface area contributed by atoms with Crippen molar-refractivity contribution in [1.29, 1.82) is 0 Å². The molecule has 1 atom stereocenters. The summed E-state index contributed by atoms with van der Waals surface area (Å²) in [5, 5.41) is 0.728. The summed E-state index contributed by atoms with van der Waals surface area (Å²) >= 11 is 0. The molecule has 1 aliphatic heterocycles. The average molecular weight is 342 g/mol. The van der Waals surface area contributed by atoms with Gasteiger partial charge in [0.05, 0.1) is 6.61 Å². The van der Waals surface area contributed by atoms with Gasteiger partial charge in [-0.2, -0.15) is 0 Å². The smallest absolute Gasteiger partial charge is 0.194 e. The van der Waals surface area contributed by atoms with E-state index in [2.05, 4.69) is 30.7 Å². The Morgan fingerprint density at radius 1 is 1.32 bits per heavy atom. The van der Waals surface area contributed by atoms with Crippen LogP contribution in [0.3, 0.4) is 0 Å². The van der Waals surface area contributed by atoms with Crippen molar-refractivity contribution in [3.05, 3.63) is 39.7 Å². The highest BCUT2D eigenvalue weighted by atomic mass is 16.5. The van der Waals surface area contributed by atoms with Gasteiger partial charge in [-0.15, -0.1) is 0 Å². The van der Waals surface area contributed by atoms with Gasteiger partial charge in [-0.25, -0.2) is 0 Å². The molecule has 0 spiro atoms. The molecule has 25 heavy (non-hydrogen) atoms. The molecule has 1 saturated heterocycles. The van der Waals surface area contributed by atoms with Gasteiger partial charge in [0, 0.05) is 34.7 Å². The van der Waals surface area contributed by atoms with Crippen LogP contribution < -0.4 is 10.2 Å². The van der Waals surface area contributed by atoms with E-state index < -0.39 is 0 Å². The number of piperidine rings is 1. The molecule has 0 amide bonds. The Balaban J connectivity index is 1.93. The molecule has 0 unspecified atom stereocenters. The SMILES string of the molecule is Cc1[nH]c2ccc(OCC(C)C)cc2c(=O)c1CN1CCCC[C@@H]1C. The Morgan fingerprint density at radius 2 is 2.12 bits per heavy atom. The summed E-state index contributed by atoms with van der Waals surface area (Å²) in [4.78, 5) is 19.0. The van der Waals surface area contributed by atoms with Gasteiger partial charge in [-0.05, 0) is 57.4 Å². The zero-order valence-corrected chi connectivity index (χ0v) is 15.9. The van der Waals surface area contributed by atoms with E-state index in [0.717, 1.165) is 41.0 Å². The van der Waals surface area contributed by atoms with E-state index in [1.165, 1.54) is 19.3 Å². The summed E-state index contributed by atoms with van der Waals surface area (Å²) in [5.74, 6) is 1.23. The first-order valence-electron chi connectivity index (χ1n) is 9.48. The number of benzene rings is 1. The highest BCUT2D eigenvalue weighted by molar-refractivity contribution is 5.81. The van der Waals surface area contributed by atoms with Crippen LogP contribution in [-0.2, 0) is 6.54 Å². The molecule has 136 valence electrons. The van der Waals surface area contributed by atoms with Gasteiger partial charge >= 0.3 is 0 Å². The summed E-state index contributed by atoms with van der Waals surface area (Å²) in [6, 6.07) is 6.32. The van der Waals surface area contributed by atoms with Crippen molar-refractivity contribution < 1.29 is 4.74 Å². The monoisotopic (exact) mass is 342 g/mol. The van der Waals surface area contributed by atoms with Gasteiger partial charge in [0.25, 0.3) is 0 Å². The van der Waals surface area contributed by atoms with Crippen LogP contribution in [0.5, 0.6) is 5.75 Å². The third-order valence-corrected chi connectivity index (χ3v) is 5.17. The normalized spacial score (nSPS) is 18.8. The van der Waals surface area contributed by atoms with Crippen LogP contribution in [0.15, 0.2) is 23.0 Å². The number of aryl methyl sites for hydroxylation is 1. The largest absolute Gasteiger partial charge is 0.493 e. The molecule has 0 aliphatic carbocycles. The summed E-state index contributed by atoms with van der Waals surface area (Å²) in [5.41, 5.74) is 2.89. The Bertz CT molecular complexity index is 794. The van der Waals surface area contributed by atoms with Crippen LogP contribution in [0.4, 0.5) is 0 Å². The fourth-order valence-corrected chi connectivity index (χ4v) is 3.57. The van der Waals surface area contributed by atoms with Crippen LogP contribution >= 0.6 is 0 Å². The molecule has 3 rings (SSSR count). The average Bonchev–Trinajstić information content (AvgIpc) is 2.58. The predicted octanol–water partition coefficient (Wildman–Crippen LogP) is 4.25. The van der Waals surface area contributed by atoms with Crippen molar-refractivity contribution in [3.63, 3.8) is 0 Å². The van der Waals surface area contributed by atoms with Crippen molar-refractivity contribution >= 4 is 10.9 Å². The van der Waals surface area contributed by atoms with Crippen molar-refractivity contribution in [2.75, 3.05) is 13.2 Å². The Hall–Kier alpha value is -1.81. The van der Waals surface area contributed by atoms with Gasteiger partial charge in [0.15, 0.2) is 5.43 Å². The maximum Gasteiger partial charge on any atom is 0.194 e. The minimum absolute atomic E-state index is 0.138. The maximum atomic E-state index is 13.1. The molecule has 2 heterocycles. The number of aromatic nitrogens is 1. The Labute approximate surface area is 150 Å². The molecule has 1 N–H and O–H groups in total. The quantitative estimate of drug-likeness (QED) is 0.884. The van der Waals surface area contributed by atoms with Gasteiger partial charge in [-0.3, -0.25) is 9.69 Å². The molecule has 0 bridgehead atoms. The standard InChI is InChI=1S/C21H30N2O2/c1-14(2)13-25-17-8-9-20-18(11-17)21(24)19(16(4)22-20)12-23-10-6-5-7-15(23)3/h8-9,11,14-15H,5-7,10,12-13H2,1-4H3,(H,22,24)/t15-/m0/s1. The van der Waals surface area contributed by atoms with Crippen LogP contribution in [0.1, 0.15) is 51.3 Å². The summed E-state index contributed by atoms with van der Waals surface area (Å²) < 4.78 is 5.80. The van der Waals surface area contributed by atoms with E-state index in [-0.39, 0.29) is 5.43 Å². The van der Waals surface area contributed by atoms with Crippen molar-refractivity contribution in [3.8, 4) is 5.75 Å². The van der Waals surface area contributed by atoms with Gasteiger partial charge in [0.1, 0.15) is 5.75 Å². The second kappa shape index (κ2) is 7.61. The number of hydrogen-bond donors (Lipinski definition) is 1. The Kier molecular flexibility index (Phi) is 5.48. The number of nitrogens with one attached hydrogen (secondary N) is 1. The number of rotatable bonds is 5. The summed E-state index contributed by atoms with van der Waals surface area (Å²) in [6.45, 7) is 11.0. The number of hydrogen-bond acceptors (Lipinski definition) is 3. The van der Waals surface area contributed by atoms with Gasteiger partial charge in [-0.1, -0.05) is 20.3 Å². The molecule has 4 heteroatoms. The molecule has 0 radical (unpaired) electrons. The Morgan fingerprint density at radius 3 is 2.84 bits per heavy atom. The molecule has 1 aromatic carbocycles. The van der Waals surface area contributed by atoms with Gasteiger partial charge in [0.2, 0.25) is 0 Å². The molecule has 2 aromatic rings. The number of H-pyrrole nitrogens is 1. The topological polar surface area (TPSA) is 45.3 Å². The minimum Gasteiger partial charge on any atom is -0.493 e. The predicted molar refractivity (Wildman–Crippen MR) is 103 cm³/mol. The lowest BCUT2D eigenvalue weighted by Gasteiger charge is -2.33. The highest BCUT2D eigenvalue weighted by Gasteiger charge is 2.21. The zero-order chi connectivity index (χ0) is 18.0. The molecule has 4 nitrogen and oxygen atoms in total. The number of ether oxygens (including phenoxy) is 1. The highest BCUT2D eigenvalue weighted by Crippen LogP contribution is 2.22. The van der Waals surface area contributed by atoms with Crippen molar-refractivity contribution in [2.45, 2.75) is 59.5 Å². The van der Waals surface area contributed by atoms with E-state index in [9.17, 15) is 4.79 Å². The van der Waals surface area contributed by atoms with Gasteiger partial charge < -0.3 is 9.72 Å². The lowest BCUT2D eigenvalue weighted by atomic mass is 10.0. The zero-order valence-electron chi connectivity index (χ0n) is 15.9. The van der Waals surface area contributed by atoms with E-state index >= 15 is 0 Å². The number of likely N-dealkylation sites (tertiary alicyclic amines) is 1. The third kappa shape index (κ3) is 4.06. The molecular formula is C21H30N2O2. The third-order valence-electron chi connectivity index (χ3n) is 5.17. The minimum atomic E-state index is 0.138. The molecule has 1 aromatic heterocycles. The second-order valence-corrected chi connectivity index (χ2v) is 7.79. The van der Waals surface area contributed by atoms with Crippen LogP contribution in [-0.4, -0.2) is 29.1 Å². The van der Waals surface area contributed by atoms with E-state index in [1.807, 2.05) is 25.1 Å². The van der Waals surface area contributed by atoms with E-state index in [4.69, 9.17) is 4.74 Å². The summed E-state index contributed by atoms with van der Waals surface area (Å²) in [6.07, 6.45) is 3.74. The fourth-order valence-electron chi connectivity index (χ4n) is 3.57.